The highest BCUT2D eigenvalue weighted by Gasteiger charge is 2.27. The van der Waals surface area contributed by atoms with E-state index in [9.17, 15) is 9.59 Å². The SMILES string of the molecule is CCN(Cc1ccccc1)C(=O)C(=O)N1CCCCC1. The molecular weight excluding hydrogens is 252 g/mol. The van der Waals surface area contributed by atoms with Gasteiger partial charge in [0.2, 0.25) is 0 Å². The fraction of sp³-hybridized carbons (Fsp3) is 0.500. The summed E-state index contributed by atoms with van der Waals surface area (Å²) in [6, 6.07) is 9.78. The standard InChI is InChI=1S/C16H22N2O2/c1-2-17(13-14-9-5-3-6-10-14)15(19)16(20)18-11-7-4-8-12-18/h3,5-6,9-10H,2,4,7-8,11-13H2,1H3. The summed E-state index contributed by atoms with van der Waals surface area (Å²) in [6.07, 6.45) is 3.16. The second kappa shape index (κ2) is 7.08. The first-order valence-corrected chi connectivity index (χ1v) is 7.34. The molecule has 4 heteroatoms. The fourth-order valence-electron chi connectivity index (χ4n) is 2.50. The first-order chi connectivity index (χ1) is 9.72. The largest absolute Gasteiger partial charge is 0.334 e. The Morgan fingerprint density at radius 1 is 1.10 bits per heavy atom. The molecule has 0 N–H and O–H groups in total. The van der Waals surface area contributed by atoms with Gasteiger partial charge < -0.3 is 9.80 Å². The topological polar surface area (TPSA) is 40.6 Å². The highest BCUT2D eigenvalue weighted by molar-refractivity contribution is 6.34. The zero-order valence-electron chi connectivity index (χ0n) is 12.0. The maximum absolute atomic E-state index is 12.3. The quantitative estimate of drug-likeness (QED) is 0.792. The van der Waals surface area contributed by atoms with Crippen LogP contribution in [-0.2, 0) is 16.1 Å². The predicted octanol–water partition coefficient (Wildman–Crippen LogP) is 2.05. The Bertz CT molecular complexity index is 453. The van der Waals surface area contributed by atoms with E-state index >= 15 is 0 Å². The average molecular weight is 274 g/mol. The van der Waals surface area contributed by atoms with E-state index in [1.54, 1.807) is 9.80 Å². The van der Waals surface area contributed by atoms with Crippen LogP contribution >= 0.6 is 0 Å². The summed E-state index contributed by atoms with van der Waals surface area (Å²) < 4.78 is 0. The third-order valence-corrected chi connectivity index (χ3v) is 3.71. The molecule has 0 aromatic heterocycles. The van der Waals surface area contributed by atoms with Crippen LogP contribution in [0.1, 0.15) is 31.7 Å². The molecule has 4 nitrogen and oxygen atoms in total. The molecule has 1 saturated heterocycles. The first kappa shape index (κ1) is 14.6. The van der Waals surface area contributed by atoms with Crippen LogP contribution in [0.2, 0.25) is 0 Å². The lowest BCUT2D eigenvalue weighted by atomic mass is 10.1. The molecular formula is C16H22N2O2. The van der Waals surface area contributed by atoms with Gasteiger partial charge in [-0.15, -0.1) is 0 Å². The summed E-state index contributed by atoms with van der Waals surface area (Å²) in [5.74, 6) is -0.722. The summed E-state index contributed by atoms with van der Waals surface area (Å²) in [5.41, 5.74) is 1.05. The number of hydrogen-bond acceptors (Lipinski definition) is 2. The third-order valence-electron chi connectivity index (χ3n) is 3.71. The van der Waals surface area contributed by atoms with Crippen LogP contribution in [0.25, 0.3) is 0 Å². The van der Waals surface area contributed by atoms with Gasteiger partial charge in [-0.2, -0.15) is 0 Å². The number of nitrogens with zero attached hydrogens (tertiary/aromatic N) is 2. The van der Waals surface area contributed by atoms with E-state index in [0.29, 0.717) is 26.2 Å². The van der Waals surface area contributed by atoms with Crippen molar-refractivity contribution in [2.75, 3.05) is 19.6 Å². The number of carbonyl (C=O) groups is 2. The molecule has 0 radical (unpaired) electrons. The maximum Gasteiger partial charge on any atom is 0.312 e. The summed E-state index contributed by atoms with van der Waals surface area (Å²) in [5, 5.41) is 0. The number of benzene rings is 1. The molecule has 0 aliphatic carbocycles. The second-order valence-electron chi connectivity index (χ2n) is 5.16. The molecule has 108 valence electrons. The molecule has 1 aliphatic rings. The van der Waals surface area contributed by atoms with Gasteiger partial charge in [-0.3, -0.25) is 9.59 Å². The molecule has 0 saturated carbocycles. The Morgan fingerprint density at radius 3 is 2.35 bits per heavy atom. The number of amides is 2. The molecule has 0 unspecified atom stereocenters. The number of hydrogen-bond donors (Lipinski definition) is 0. The molecule has 0 atom stereocenters. The summed E-state index contributed by atoms with van der Waals surface area (Å²) in [4.78, 5) is 27.8. The monoisotopic (exact) mass is 274 g/mol. The molecule has 1 aliphatic heterocycles. The van der Waals surface area contributed by atoms with Gasteiger partial charge in [-0.1, -0.05) is 30.3 Å². The number of piperidine rings is 1. The minimum absolute atomic E-state index is 0.345. The van der Waals surface area contributed by atoms with Crippen LogP contribution < -0.4 is 0 Å². The fourth-order valence-corrected chi connectivity index (χ4v) is 2.50. The third kappa shape index (κ3) is 3.59. The van der Waals surface area contributed by atoms with Crippen LogP contribution in [0.4, 0.5) is 0 Å². The van der Waals surface area contributed by atoms with Crippen molar-refractivity contribution in [3.8, 4) is 0 Å². The number of likely N-dealkylation sites (tertiary alicyclic amines) is 1. The summed E-state index contributed by atoms with van der Waals surface area (Å²) in [6.45, 7) is 4.38. The lowest BCUT2D eigenvalue weighted by Crippen LogP contribution is -2.46. The van der Waals surface area contributed by atoms with E-state index in [1.165, 1.54) is 0 Å². The Morgan fingerprint density at radius 2 is 1.75 bits per heavy atom. The van der Waals surface area contributed by atoms with E-state index in [4.69, 9.17) is 0 Å². The van der Waals surface area contributed by atoms with E-state index < -0.39 is 0 Å². The number of likely N-dealkylation sites (N-methyl/N-ethyl adjacent to an activating group) is 1. The molecule has 0 spiro atoms. The van der Waals surface area contributed by atoms with Gasteiger partial charge in [-0.05, 0) is 31.7 Å². The summed E-state index contributed by atoms with van der Waals surface area (Å²) in [7, 11) is 0. The molecule has 1 heterocycles. The van der Waals surface area contributed by atoms with Gasteiger partial charge in [0.1, 0.15) is 0 Å². The lowest BCUT2D eigenvalue weighted by molar-refractivity contribution is -0.152. The van der Waals surface area contributed by atoms with Gasteiger partial charge in [-0.25, -0.2) is 0 Å². The van der Waals surface area contributed by atoms with Crippen molar-refractivity contribution in [2.45, 2.75) is 32.7 Å². The molecule has 1 aromatic rings. The van der Waals surface area contributed by atoms with Crippen molar-refractivity contribution in [3.05, 3.63) is 35.9 Å². The van der Waals surface area contributed by atoms with Crippen molar-refractivity contribution < 1.29 is 9.59 Å². The van der Waals surface area contributed by atoms with Gasteiger partial charge >= 0.3 is 11.8 Å². The molecule has 1 aromatic carbocycles. The summed E-state index contributed by atoms with van der Waals surface area (Å²) >= 11 is 0. The minimum Gasteiger partial charge on any atom is -0.334 e. The Balaban J connectivity index is 1.99. The average Bonchev–Trinajstić information content (AvgIpc) is 2.53. The lowest BCUT2D eigenvalue weighted by Gasteiger charge is -2.29. The van der Waals surface area contributed by atoms with Crippen molar-refractivity contribution in [1.82, 2.24) is 9.80 Å². The van der Waals surface area contributed by atoms with Crippen LogP contribution in [0.5, 0.6) is 0 Å². The van der Waals surface area contributed by atoms with Crippen LogP contribution in [0.15, 0.2) is 30.3 Å². The van der Waals surface area contributed by atoms with E-state index in [0.717, 1.165) is 24.8 Å². The Labute approximate surface area is 120 Å². The van der Waals surface area contributed by atoms with Gasteiger partial charge in [0.25, 0.3) is 0 Å². The normalized spacial score (nSPS) is 14.9. The van der Waals surface area contributed by atoms with Crippen LogP contribution in [0.3, 0.4) is 0 Å². The zero-order valence-corrected chi connectivity index (χ0v) is 12.0. The molecule has 2 rings (SSSR count). The van der Waals surface area contributed by atoms with E-state index in [1.807, 2.05) is 37.3 Å². The zero-order chi connectivity index (χ0) is 14.4. The molecule has 1 fully saturated rings. The van der Waals surface area contributed by atoms with Crippen molar-refractivity contribution in [1.29, 1.82) is 0 Å². The smallest absolute Gasteiger partial charge is 0.312 e. The van der Waals surface area contributed by atoms with Crippen molar-refractivity contribution in [2.24, 2.45) is 0 Å². The van der Waals surface area contributed by atoms with Crippen molar-refractivity contribution in [3.63, 3.8) is 0 Å². The van der Waals surface area contributed by atoms with Crippen LogP contribution in [0, 0.1) is 0 Å². The van der Waals surface area contributed by atoms with E-state index in [2.05, 4.69) is 0 Å². The number of carbonyl (C=O) groups excluding carboxylic acids is 2. The highest BCUT2D eigenvalue weighted by Crippen LogP contribution is 2.11. The van der Waals surface area contributed by atoms with Crippen LogP contribution in [-0.4, -0.2) is 41.2 Å². The maximum atomic E-state index is 12.3. The second-order valence-corrected chi connectivity index (χ2v) is 5.16. The minimum atomic E-state index is -0.377. The molecule has 20 heavy (non-hydrogen) atoms. The first-order valence-electron chi connectivity index (χ1n) is 7.34. The Hall–Kier alpha value is -1.84. The van der Waals surface area contributed by atoms with Gasteiger partial charge in [0, 0.05) is 26.2 Å². The van der Waals surface area contributed by atoms with Gasteiger partial charge in [0.05, 0.1) is 0 Å². The van der Waals surface area contributed by atoms with Crippen molar-refractivity contribution >= 4 is 11.8 Å². The van der Waals surface area contributed by atoms with E-state index in [-0.39, 0.29) is 11.8 Å². The molecule has 2 amide bonds. The predicted molar refractivity (Wildman–Crippen MR) is 78.0 cm³/mol. The van der Waals surface area contributed by atoms with Gasteiger partial charge in [0.15, 0.2) is 0 Å². The number of rotatable bonds is 3. The highest BCUT2D eigenvalue weighted by atomic mass is 16.2. The Kier molecular flexibility index (Phi) is 5.16. The molecule has 0 bridgehead atoms.